The Kier molecular flexibility index (Phi) is 4.08. The zero-order valence-electron chi connectivity index (χ0n) is 8.25. The highest BCUT2D eigenvalue weighted by Crippen LogP contribution is 2.20. The van der Waals surface area contributed by atoms with Crippen LogP contribution in [0.4, 0.5) is 11.4 Å². The van der Waals surface area contributed by atoms with Crippen LogP contribution in [0, 0.1) is 0 Å². The summed E-state index contributed by atoms with van der Waals surface area (Å²) in [6.07, 6.45) is 4.03. The van der Waals surface area contributed by atoms with Crippen molar-refractivity contribution in [1.82, 2.24) is 0 Å². The van der Waals surface area contributed by atoms with E-state index in [1.54, 1.807) is 0 Å². The van der Waals surface area contributed by atoms with Gasteiger partial charge in [-0.25, -0.2) is 0 Å². The number of benzene rings is 1. The average Bonchev–Trinajstić information content (AvgIpc) is 2.20. The molecule has 1 aliphatic heterocycles. The molecule has 14 heavy (non-hydrogen) atoms. The molecule has 2 rings (SSSR count). The first kappa shape index (κ1) is 11.2. The molecule has 1 aromatic rings. The lowest BCUT2D eigenvalue weighted by Crippen LogP contribution is -3.00. The van der Waals surface area contributed by atoms with Gasteiger partial charge in [0.2, 0.25) is 0 Å². The molecular weight excluding hydrogens is 196 g/mol. The fraction of sp³-hybridized carbons (Fsp3) is 0.455. The van der Waals surface area contributed by atoms with E-state index >= 15 is 0 Å². The van der Waals surface area contributed by atoms with Crippen molar-refractivity contribution in [3.05, 3.63) is 24.3 Å². The van der Waals surface area contributed by atoms with Crippen molar-refractivity contribution < 1.29 is 12.4 Å². The summed E-state index contributed by atoms with van der Waals surface area (Å²) in [5.74, 6) is 0. The van der Waals surface area contributed by atoms with Crippen LogP contribution in [0.2, 0.25) is 0 Å². The molecule has 0 radical (unpaired) electrons. The molecule has 1 fully saturated rings. The maximum atomic E-state index is 5.64. The second-order valence-corrected chi connectivity index (χ2v) is 3.64. The molecule has 0 aromatic heterocycles. The number of piperidine rings is 1. The first-order chi connectivity index (χ1) is 6.36. The Labute approximate surface area is 91.5 Å². The van der Waals surface area contributed by atoms with Crippen molar-refractivity contribution in [2.24, 2.45) is 0 Å². The molecule has 0 atom stereocenters. The number of nitrogens with two attached hydrogens (primary N) is 1. The van der Waals surface area contributed by atoms with Gasteiger partial charge in [-0.1, -0.05) is 0 Å². The van der Waals surface area contributed by atoms with E-state index in [1.807, 2.05) is 12.1 Å². The molecule has 1 aliphatic rings. The monoisotopic (exact) mass is 211 g/mol. The number of rotatable bonds is 1. The number of anilines is 2. The molecule has 0 spiro atoms. The summed E-state index contributed by atoms with van der Waals surface area (Å²) in [6.45, 7) is 2.40. The van der Waals surface area contributed by atoms with E-state index in [0.29, 0.717) is 0 Å². The predicted molar refractivity (Wildman–Crippen MR) is 56.9 cm³/mol. The van der Waals surface area contributed by atoms with E-state index in [0.717, 1.165) is 5.69 Å². The Bertz CT molecular complexity index is 265. The highest BCUT2D eigenvalue weighted by atomic mass is 35.5. The molecule has 3 heteroatoms. The smallest absolute Gasteiger partial charge is 0.0367 e. The van der Waals surface area contributed by atoms with Gasteiger partial charge in [0.05, 0.1) is 0 Å². The second kappa shape index (κ2) is 5.11. The number of nitrogen functional groups attached to an aromatic ring is 1. The van der Waals surface area contributed by atoms with Crippen LogP contribution < -0.4 is 23.0 Å². The summed E-state index contributed by atoms with van der Waals surface area (Å²) in [6, 6.07) is 8.18. The third-order valence-electron chi connectivity index (χ3n) is 2.61. The molecule has 2 nitrogen and oxygen atoms in total. The van der Waals surface area contributed by atoms with Crippen LogP contribution in [0.25, 0.3) is 0 Å². The summed E-state index contributed by atoms with van der Waals surface area (Å²) in [4.78, 5) is 2.43. The standard InChI is InChI=1S/C11H16N2.ClH/c12-10-4-6-11(7-5-10)13-8-2-1-3-9-13;/h4-7H,1-3,8-9,12H2;1H/p-1. The average molecular weight is 212 g/mol. The number of halogens is 1. The molecule has 0 bridgehead atoms. The Morgan fingerprint density at radius 3 is 2.07 bits per heavy atom. The Hall–Kier alpha value is -0.890. The highest BCUT2D eigenvalue weighted by Gasteiger charge is 2.09. The number of hydrogen-bond acceptors (Lipinski definition) is 2. The van der Waals surface area contributed by atoms with Crippen LogP contribution in [-0.2, 0) is 0 Å². The Morgan fingerprint density at radius 1 is 0.929 bits per heavy atom. The summed E-state index contributed by atoms with van der Waals surface area (Å²) in [7, 11) is 0. The van der Waals surface area contributed by atoms with E-state index in [9.17, 15) is 0 Å². The molecule has 1 aromatic carbocycles. The van der Waals surface area contributed by atoms with Crippen molar-refractivity contribution in [3.63, 3.8) is 0 Å². The Balaban J connectivity index is 0.000000980. The van der Waals surface area contributed by atoms with Crippen LogP contribution in [0.5, 0.6) is 0 Å². The van der Waals surface area contributed by atoms with Crippen molar-refractivity contribution in [3.8, 4) is 0 Å². The van der Waals surface area contributed by atoms with Crippen LogP contribution in [0.1, 0.15) is 19.3 Å². The predicted octanol–water partition coefficient (Wildman–Crippen LogP) is -0.737. The van der Waals surface area contributed by atoms with Gasteiger partial charge in [-0.2, -0.15) is 0 Å². The molecule has 0 unspecified atom stereocenters. The first-order valence-corrected chi connectivity index (χ1v) is 4.97. The normalized spacial score (nSPS) is 16.1. The zero-order chi connectivity index (χ0) is 9.10. The fourth-order valence-electron chi connectivity index (χ4n) is 1.84. The number of nitrogens with zero attached hydrogens (tertiary/aromatic N) is 1. The SMILES string of the molecule is Nc1ccc(N2CCCCC2)cc1.[Cl-]. The lowest BCUT2D eigenvalue weighted by Gasteiger charge is -2.28. The van der Waals surface area contributed by atoms with Crippen molar-refractivity contribution in [2.45, 2.75) is 19.3 Å². The van der Waals surface area contributed by atoms with E-state index in [-0.39, 0.29) is 12.4 Å². The van der Waals surface area contributed by atoms with Crippen molar-refractivity contribution >= 4 is 11.4 Å². The van der Waals surface area contributed by atoms with Crippen LogP contribution in [0.3, 0.4) is 0 Å². The van der Waals surface area contributed by atoms with Gasteiger partial charge in [-0.3, -0.25) is 0 Å². The van der Waals surface area contributed by atoms with Gasteiger partial charge in [0.1, 0.15) is 0 Å². The van der Waals surface area contributed by atoms with Crippen LogP contribution in [0.15, 0.2) is 24.3 Å². The van der Waals surface area contributed by atoms with E-state index in [4.69, 9.17) is 5.73 Å². The van der Waals surface area contributed by atoms with Gasteiger partial charge in [0, 0.05) is 24.5 Å². The minimum Gasteiger partial charge on any atom is -1.00 e. The first-order valence-electron chi connectivity index (χ1n) is 4.97. The molecule has 1 heterocycles. The third kappa shape index (κ3) is 2.55. The van der Waals surface area contributed by atoms with Gasteiger partial charge in [0.25, 0.3) is 0 Å². The topological polar surface area (TPSA) is 29.3 Å². The van der Waals surface area contributed by atoms with E-state index in [2.05, 4.69) is 17.0 Å². The molecule has 0 saturated carbocycles. The molecule has 1 saturated heterocycles. The summed E-state index contributed by atoms with van der Waals surface area (Å²) in [5, 5.41) is 0. The van der Waals surface area contributed by atoms with Crippen molar-refractivity contribution in [2.75, 3.05) is 23.7 Å². The summed E-state index contributed by atoms with van der Waals surface area (Å²) < 4.78 is 0. The van der Waals surface area contributed by atoms with Gasteiger partial charge < -0.3 is 23.0 Å². The highest BCUT2D eigenvalue weighted by molar-refractivity contribution is 5.53. The molecule has 2 N–H and O–H groups in total. The minimum atomic E-state index is 0. The molecule has 0 aliphatic carbocycles. The van der Waals surface area contributed by atoms with E-state index in [1.165, 1.54) is 38.0 Å². The second-order valence-electron chi connectivity index (χ2n) is 3.64. The Morgan fingerprint density at radius 2 is 1.50 bits per heavy atom. The quantitative estimate of drug-likeness (QED) is 0.621. The fourth-order valence-corrected chi connectivity index (χ4v) is 1.84. The van der Waals surface area contributed by atoms with Gasteiger partial charge in [-0.05, 0) is 43.5 Å². The summed E-state index contributed by atoms with van der Waals surface area (Å²) >= 11 is 0. The third-order valence-corrected chi connectivity index (χ3v) is 2.61. The van der Waals surface area contributed by atoms with E-state index < -0.39 is 0 Å². The lowest BCUT2D eigenvalue weighted by molar-refractivity contribution is -0.00000267. The maximum absolute atomic E-state index is 5.64. The van der Waals surface area contributed by atoms with Gasteiger partial charge in [0.15, 0.2) is 0 Å². The molecule has 0 amide bonds. The summed E-state index contributed by atoms with van der Waals surface area (Å²) in [5.41, 5.74) is 7.80. The van der Waals surface area contributed by atoms with Gasteiger partial charge >= 0.3 is 0 Å². The largest absolute Gasteiger partial charge is 1.00 e. The lowest BCUT2D eigenvalue weighted by atomic mass is 10.1. The number of hydrogen-bond donors (Lipinski definition) is 1. The van der Waals surface area contributed by atoms with Gasteiger partial charge in [-0.15, -0.1) is 0 Å². The molecular formula is C11H16ClN2-. The molecule has 78 valence electrons. The van der Waals surface area contributed by atoms with Crippen LogP contribution in [-0.4, -0.2) is 13.1 Å². The van der Waals surface area contributed by atoms with Crippen LogP contribution >= 0.6 is 0 Å². The minimum absolute atomic E-state index is 0. The zero-order valence-corrected chi connectivity index (χ0v) is 9.00. The maximum Gasteiger partial charge on any atom is 0.0367 e. The van der Waals surface area contributed by atoms with Crippen molar-refractivity contribution in [1.29, 1.82) is 0 Å².